The van der Waals surface area contributed by atoms with Crippen LogP contribution in [-0.2, 0) is 9.53 Å². The number of hydrogen-bond donors (Lipinski definition) is 0. The van der Waals surface area contributed by atoms with E-state index in [-0.39, 0.29) is 5.97 Å². The predicted molar refractivity (Wildman–Crippen MR) is 153 cm³/mol. The van der Waals surface area contributed by atoms with E-state index in [4.69, 9.17) is 4.74 Å². The molecule has 3 aromatic rings. The third-order valence-corrected chi connectivity index (χ3v) is 11.1. The molecule has 0 aliphatic carbocycles. The smallest absolute Gasteiger partial charge is 0.339 e. The van der Waals surface area contributed by atoms with Crippen molar-refractivity contribution in [3.63, 3.8) is 0 Å². The summed E-state index contributed by atoms with van der Waals surface area (Å²) in [5, 5.41) is 4.47. The molecule has 0 bridgehead atoms. The highest BCUT2D eigenvalue weighted by Gasteiger charge is 2.37. The summed E-state index contributed by atoms with van der Waals surface area (Å²) in [4.78, 5) is 13.7. The Balaban J connectivity index is 1.94. The molecule has 4 rings (SSSR count). The number of fused-ring (bicyclic) bond motifs is 1. The lowest BCUT2D eigenvalue weighted by atomic mass is 9.97. The third-order valence-electron chi connectivity index (χ3n) is 6.85. The van der Waals surface area contributed by atoms with E-state index in [1.54, 1.807) is 0 Å². The average molecular weight is 485 g/mol. The molecule has 2 nitrogen and oxygen atoms in total. The zero-order valence-corrected chi connectivity index (χ0v) is 22.0. The largest absolute Gasteiger partial charge is 0.462 e. The maximum absolute atomic E-state index is 13.7. The van der Waals surface area contributed by atoms with Crippen LogP contribution in [0.25, 0.3) is 5.57 Å². The van der Waals surface area contributed by atoms with Crippen molar-refractivity contribution in [2.45, 2.75) is 58.8 Å². The molecule has 1 heterocycles. The van der Waals surface area contributed by atoms with Crippen LogP contribution in [0.2, 0.25) is 0 Å². The van der Waals surface area contributed by atoms with Crippen molar-refractivity contribution in [3.8, 4) is 0 Å². The molecule has 0 N–H and O–H groups in total. The number of esters is 1. The van der Waals surface area contributed by atoms with Crippen molar-refractivity contribution in [3.05, 3.63) is 96.6 Å². The van der Waals surface area contributed by atoms with Gasteiger partial charge in [0.2, 0.25) is 0 Å². The number of carbonyl (C=O) groups is 1. The second-order valence-electron chi connectivity index (χ2n) is 9.15. The third kappa shape index (κ3) is 5.24. The molecular weight excluding hydrogens is 447 g/mol. The molecule has 1 aliphatic rings. The standard InChI is InChI=1S/C32H37O2P/c1-3-5-6-7-8-11-18-26-25-31(32(33)34-4-2)35(27-19-12-9-13-20-27,28-21-14-10-15-22-28)30-24-17-16-23-29(26)30/h9-10,12-17,19-25H,3-8,11,18H2,1-2H3. The van der Waals surface area contributed by atoms with Crippen LogP contribution in [0.3, 0.4) is 0 Å². The van der Waals surface area contributed by atoms with Gasteiger partial charge >= 0.3 is 5.97 Å². The SMILES string of the molecule is CCCCCCCCC1=CC(C(=O)OCC)=P(c2ccccc2)(c2ccccc2)c2ccccc21. The Morgan fingerprint density at radius 3 is 1.91 bits per heavy atom. The van der Waals surface area contributed by atoms with Gasteiger partial charge in [-0.2, -0.15) is 0 Å². The van der Waals surface area contributed by atoms with Crippen molar-refractivity contribution in [1.82, 2.24) is 0 Å². The van der Waals surface area contributed by atoms with Gasteiger partial charge in [0.15, 0.2) is 0 Å². The summed E-state index contributed by atoms with van der Waals surface area (Å²) < 4.78 is 5.72. The zero-order chi connectivity index (χ0) is 24.5. The first kappa shape index (κ1) is 25.3. The minimum atomic E-state index is -2.41. The number of hydrogen-bond acceptors (Lipinski definition) is 2. The van der Waals surface area contributed by atoms with E-state index < -0.39 is 6.89 Å². The van der Waals surface area contributed by atoms with Crippen molar-refractivity contribution < 1.29 is 9.53 Å². The van der Waals surface area contributed by atoms with E-state index in [9.17, 15) is 4.79 Å². The van der Waals surface area contributed by atoms with Crippen LogP contribution in [0.5, 0.6) is 0 Å². The fourth-order valence-electron chi connectivity index (χ4n) is 5.22. The summed E-state index contributed by atoms with van der Waals surface area (Å²) in [6.07, 6.45) is 10.7. The lowest BCUT2D eigenvalue weighted by Crippen LogP contribution is -2.37. The van der Waals surface area contributed by atoms with Gasteiger partial charge in [0.05, 0.1) is 11.9 Å². The van der Waals surface area contributed by atoms with Crippen LogP contribution in [0.15, 0.2) is 91.0 Å². The number of ether oxygens (including phenoxy) is 1. The number of unbranched alkanes of at least 4 members (excludes halogenated alkanes) is 5. The molecule has 0 saturated carbocycles. The van der Waals surface area contributed by atoms with Crippen molar-refractivity contribution in [2.75, 3.05) is 6.61 Å². The summed E-state index contributed by atoms with van der Waals surface area (Å²) in [6.45, 7) is 2.11. The van der Waals surface area contributed by atoms with E-state index in [2.05, 4.69) is 85.8 Å². The maximum atomic E-state index is 13.7. The quantitative estimate of drug-likeness (QED) is 0.169. The van der Waals surface area contributed by atoms with Crippen molar-refractivity contribution >= 4 is 39.6 Å². The normalized spacial score (nSPS) is 14.2. The minimum Gasteiger partial charge on any atom is -0.462 e. The molecule has 0 spiro atoms. The second-order valence-corrected chi connectivity index (χ2v) is 12.5. The number of rotatable bonds is 11. The number of benzene rings is 3. The van der Waals surface area contributed by atoms with E-state index in [0.717, 1.165) is 18.1 Å². The lowest BCUT2D eigenvalue weighted by molar-refractivity contribution is -0.134. The molecule has 0 saturated heterocycles. The van der Waals surface area contributed by atoms with Gasteiger partial charge in [-0.05, 0) is 59.8 Å². The molecule has 35 heavy (non-hydrogen) atoms. The fraction of sp³-hybridized carbons (Fsp3) is 0.312. The second kappa shape index (κ2) is 12.2. The van der Waals surface area contributed by atoms with Crippen molar-refractivity contribution in [1.29, 1.82) is 0 Å². The van der Waals surface area contributed by atoms with Gasteiger partial charge in [-0.15, -0.1) is 0 Å². The van der Waals surface area contributed by atoms with Gasteiger partial charge in [-0.25, -0.2) is 4.79 Å². The van der Waals surface area contributed by atoms with Crippen LogP contribution in [0, 0.1) is 0 Å². The van der Waals surface area contributed by atoms with E-state index >= 15 is 0 Å². The first-order valence-corrected chi connectivity index (χ1v) is 14.9. The average Bonchev–Trinajstić information content (AvgIpc) is 2.91. The fourth-order valence-corrected chi connectivity index (χ4v) is 9.71. The Bertz CT molecular complexity index is 1170. The molecule has 3 aromatic carbocycles. The lowest BCUT2D eigenvalue weighted by Gasteiger charge is -2.36. The van der Waals surface area contributed by atoms with Gasteiger partial charge < -0.3 is 4.74 Å². The summed E-state index contributed by atoms with van der Waals surface area (Å²) >= 11 is 0. The highest BCUT2D eigenvalue weighted by Crippen LogP contribution is 2.51. The zero-order valence-electron chi connectivity index (χ0n) is 21.1. The van der Waals surface area contributed by atoms with Crippen LogP contribution < -0.4 is 15.9 Å². The molecule has 0 fully saturated rings. The molecule has 0 atom stereocenters. The van der Waals surface area contributed by atoms with Crippen LogP contribution in [0.4, 0.5) is 0 Å². The van der Waals surface area contributed by atoms with E-state index in [1.165, 1.54) is 59.2 Å². The van der Waals surface area contributed by atoms with Gasteiger partial charge in [0.25, 0.3) is 0 Å². The molecule has 0 aromatic heterocycles. The van der Waals surface area contributed by atoms with E-state index in [1.807, 2.05) is 19.1 Å². The number of carbonyl (C=O) groups excluding carboxylic acids is 1. The predicted octanol–water partition coefficient (Wildman–Crippen LogP) is 6.86. The highest BCUT2D eigenvalue weighted by atomic mass is 31.2. The molecular formula is C32H37O2P. The van der Waals surface area contributed by atoms with Crippen LogP contribution >= 0.6 is 6.89 Å². The highest BCUT2D eigenvalue weighted by molar-refractivity contribution is 7.97. The molecule has 182 valence electrons. The first-order valence-electron chi connectivity index (χ1n) is 13.1. The summed E-state index contributed by atoms with van der Waals surface area (Å²) in [6, 6.07) is 29.9. The van der Waals surface area contributed by atoms with Crippen LogP contribution in [0.1, 0.15) is 64.4 Å². The molecule has 0 radical (unpaired) electrons. The van der Waals surface area contributed by atoms with Gasteiger partial charge in [0.1, 0.15) is 0 Å². The topological polar surface area (TPSA) is 26.3 Å². The van der Waals surface area contributed by atoms with Gasteiger partial charge in [-0.1, -0.05) is 124 Å². The Hall–Kier alpha value is -2.83. The Kier molecular flexibility index (Phi) is 8.83. The Labute approximate surface area is 211 Å². The summed E-state index contributed by atoms with van der Waals surface area (Å²) in [5.41, 5.74) is 2.55. The van der Waals surface area contributed by atoms with Crippen molar-refractivity contribution in [2.24, 2.45) is 0 Å². The minimum absolute atomic E-state index is 0.191. The van der Waals surface area contributed by atoms with E-state index in [0.29, 0.717) is 6.61 Å². The maximum Gasteiger partial charge on any atom is 0.339 e. The molecule has 0 unspecified atom stereocenters. The Morgan fingerprint density at radius 1 is 0.714 bits per heavy atom. The Morgan fingerprint density at radius 2 is 1.29 bits per heavy atom. The van der Waals surface area contributed by atoms with Crippen LogP contribution in [-0.4, -0.2) is 17.9 Å². The summed E-state index contributed by atoms with van der Waals surface area (Å²) in [5.74, 6) is -0.191. The number of allylic oxidation sites excluding steroid dienone is 1. The van der Waals surface area contributed by atoms with Gasteiger partial charge in [-0.3, -0.25) is 0 Å². The monoisotopic (exact) mass is 484 g/mol. The first-order chi connectivity index (χ1) is 17.2. The molecule has 0 amide bonds. The molecule has 1 aliphatic heterocycles. The van der Waals surface area contributed by atoms with Gasteiger partial charge in [0, 0.05) is 0 Å². The molecule has 3 heteroatoms. The summed E-state index contributed by atoms with van der Waals surface area (Å²) in [7, 11) is 0.